The quantitative estimate of drug-likeness (QED) is 0.334. The van der Waals surface area contributed by atoms with Crippen LogP contribution >= 0.6 is 0 Å². The molecule has 4 rings (SSSR count). The molecular weight excluding hydrogens is 444 g/mol. The Morgan fingerprint density at radius 3 is 2.52 bits per heavy atom. The van der Waals surface area contributed by atoms with Crippen molar-refractivity contribution in [2.24, 2.45) is 0 Å². The summed E-state index contributed by atoms with van der Waals surface area (Å²) >= 11 is 0. The molecule has 0 aliphatic carbocycles. The number of hydrogen-bond acceptors (Lipinski definition) is 6. The van der Waals surface area contributed by atoms with Crippen molar-refractivity contribution in [3.8, 4) is 5.75 Å². The number of carbonyl (C=O) groups is 1. The lowest BCUT2D eigenvalue weighted by Crippen LogP contribution is -2.24. The smallest absolute Gasteiger partial charge is 0.413 e. The van der Waals surface area contributed by atoms with Crippen LogP contribution in [0.3, 0.4) is 0 Å². The van der Waals surface area contributed by atoms with Crippen LogP contribution in [0.15, 0.2) is 77.7 Å². The number of nitrogens with zero attached hydrogens (tertiary/aromatic N) is 2. The summed E-state index contributed by atoms with van der Waals surface area (Å²) in [5.41, 5.74) is 2.95. The molecule has 3 N–H and O–H groups in total. The van der Waals surface area contributed by atoms with Gasteiger partial charge in [-0.15, -0.1) is 0 Å². The molecule has 0 aliphatic heterocycles. The average Bonchev–Trinajstić information content (AvgIpc) is 3.22. The summed E-state index contributed by atoms with van der Waals surface area (Å²) in [6, 6.07) is 20.9. The Morgan fingerprint density at radius 1 is 1.09 bits per heavy atom. The lowest BCUT2D eigenvalue weighted by molar-refractivity contribution is 0.203. The third-order valence-electron chi connectivity index (χ3n) is 4.98. The zero-order valence-corrected chi connectivity index (χ0v) is 18.5. The van der Waals surface area contributed by atoms with Crippen molar-refractivity contribution in [1.29, 1.82) is 0 Å². The number of nitrogens with one attached hydrogen (secondary N) is 2. The molecule has 33 heavy (non-hydrogen) atoms. The summed E-state index contributed by atoms with van der Waals surface area (Å²) < 4.78 is 30.6. The topological polar surface area (TPSA) is 125 Å². The van der Waals surface area contributed by atoms with Gasteiger partial charge in [-0.25, -0.2) is 9.78 Å². The minimum absolute atomic E-state index is 0.0181. The molecule has 0 atom stereocenters. The molecule has 0 fully saturated rings. The Labute approximate surface area is 190 Å². The predicted molar refractivity (Wildman–Crippen MR) is 125 cm³/mol. The molecule has 0 radical (unpaired) electrons. The Hall–Kier alpha value is -4.05. The number of carboxylic acid groups (broad SMARTS) is 1. The monoisotopic (exact) mass is 466 g/mol. The highest BCUT2D eigenvalue weighted by Gasteiger charge is 2.18. The van der Waals surface area contributed by atoms with Crippen LogP contribution in [-0.2, 0) is 16.5 Å². The number of aromatic amines is 1. The van der Waals surface area contributed by atoms with Gasteiger partial charge in [-0.1, -0.05) is 30.3 Å². The van der Waals surface area contributed by atoms with Gasteiger partial charge in [-0.05, 0) is 48.4 Å². The van der Waals surface area contributed by atoms with Crippen LogP contribution in [-0.4, -0.2) is 43.2 Å². The third-order valence-corrected chi connectivity index (χ3v) is 6.24. The maximum atomic E-state index is 12.7. The zero-order chi connectivity index (χ0) is 23.4. The van der Waals surface area contributed by atoms with Gasteiger partial charge in [-0.2, -0.15) is 8.42 Å². The van der Waals surface area contributed by atoms with E-state index in [0.29, 0.717) is 11.0 Å². The van der Waals surface area contributed by atoms with E-state index >= 15 is 0 Å². The average molecular weight is 467 g/mol. The summed E-state index contributed by atoms with van der Waals surface area (Å²) in [5.74, 6) is 0.191. The summed E-state index contributed by atoms with van der Waals surface area (Å²) in [6.07, 6.45) is -0.324. The van der Waals surface area contributed by atoms with Crippen molar-refractivity contribution in [2.75, 3.05) is 23.8 Å². The highest BCUT2D eigenvalue weighted by molar-refractivity contribution is 7.87. The van der Waals surface area contributed by atoms with Crippen molar-refractivity contribution in [3.63, 3.8) is 0 Å². The van der Waals surface area contributed by atoms with Crippen LogP contribution in [0.1, 0.15) is 5.56 Å². The molecule has 4 aromatic rings. The molecule has 9 nitrogen and oxygen atoms in total. The number of H-pyrrole nitrogens is 1. The van der Waals surface area contributed by atoms with Gasteiger partial charge in [0.05, 0.1) is 11.0 Å². The van der Waals surface area contributed by atoms with Gasteiger partial charge in [0, 0.05) is 25.3 Å². The second-order valence-electron chi connectivity index (χ2n) is 7.31. The van der Waals surface area contributed by atoms with E-state index in [0.717, 1.165) is 23.6 Å². The van der Waals surface area contributed by atoms with Crippen molar-refractivity contribution in [2.45, 2.75) is 11.3 Å². The van der Waals surface area contributed by atoms with Gasteiger partial charge in [0.15, 0.2) is 0 Å². The number of rotatable bonds is 8. The van der Waals surface area contributed by atoms with Crippen LogP contribution in [0.4, 0.5) is 16.4 Å². The summed E-state index contributed by atoms with van der Waals surface area (Å²) in [5, 5.41) is 12.3. The molecule has 0 bridgehead atoms. The van der Waals surface area contributed by atoms with Gasteiger partial charge in [-0.3, -0.25) is 4.90 Å². The second-order valence-corrected chi connectivity index (χ2v) is 8.85. The van der Waals surface area contributed by atoms with Crippen LogP contribution in [0.5, 0.6) is 5.75 Å². The van der Waals surface area contributed by atoms with E-state index in [1.54, 1.807) is 18.2 Å². The predicted octanol–water partition coefficient (Wildman–Crippen LogP) is 4.10. The number of imidazole rings is 1. The molecule has 1 aromatic heterocycles. The van der Waals surface area contributed by atoms with E-state index in [1.165, 1.54) is 36.9 Å². The Bertz CT molecular complexity index is 1370. The van der Waals surface area contributed by atoms with E-state index in [-0.39, 0.29) is 16.6 Å². The van der Waals surface area contributed by atoms with E-state index in [1.807, 2.05) is 18.2 Å². The third kappa shape index (κ3) is 5.24. The fourth-order valence-electron chi connectivity index (χ4n) is 3.18. The fourth-order valence-corrected chi connectivity index (χ4v) is 4.11. The van der Waals surface area contributed by atoms with Crippen molar-refractivity contribution in [1.82, 2.24) is 9.97 Å². The first kappa shape index (κ1) is 22.2. The Morgan fingerprint density at radius 2 is 1.82 bits per heavy atom. The normalized spacial score (nSPS) is 11.3. The van der Waals surface area contributed by atoms with Crippen LogP contribution in [0, 0.1) is 0 Å². The van der Waals surface area contributed by atoms with Gasteiger partial charge in [0.2, 0.25) is 5.95 Å². The zero-order valence-electron chi connectivity index (χ0n) is 17.7. The van der Waals surface area contributed by atoms with Crippen molar-refractivity contribution >= 4 is 38.9 Å². The number of fused-ring (bicyclic) bond motifs is 1. The molecule has 0 unspecified atom stereocenters. The number of anilines is 2. The first-order valence-electron chi connectivity index (χ1n) is 10.1. The van der Waals surface area contributed by atoms with Crippen LogP contribution in [0.2, 0.25) is 0 Å². The second kappa shape index (κ2) is 9.21. The highest BCUT2D eigenvalue weighted by atomic mass is 32.2. The minimum atomic E-state index is -4.06. The Balaban J connectivity index is 1.42. The van der Waals surface area contributed by atoms with Crippen molar-refractivity contribution < 1.29 is 22.5 Å². The Kier molecular flexibility index (Phi) is 6.18. The molecular formula is C23H22N4O5S. The van der Waals surface area contributed by atoms with Gasteiger partial charge in [0.1, 0.15) is 10.6 Å². The van der Waals surface area contributed by atoms with Crippen molar-refractivity contribution in [3.05, 3.63) is 78.4 Å². The highest BCUT2D eigenvalue weighted by Crippen LogP contribution is 2.25. The first-order chi connectivity index (χ1) is 15.8. The fraction of sp³-hybridized carbons (Fsp3) is 0.130. The van der Waals surface area contributed by atoms with Crippen LogP contribution < -0.4 is 14.4 Å². The molecule has 170 valence electrons. The van der Waals surface area contributed by atoms with E-state index < -0.39 is 16.2 Å². The number of benzene rings is 3. The molecule has 0 saturated heterocycles. The largest absolute Gasteiger partial charge is 0.465 e. The maximum Gasteiger partial charge on any atom is 0.413 e. The molecule has 0 saturated carbocycles. The van der Waals surface area contributed by atoms with E-state index in [4.69, 9.17) is 9.29 Å². The first-order valence-corrected chi connectivity index (χ1v) is 11.5. The number of hydrogen-bond donors (Lipinski definition) is 3. The van der Waals surface area contributed by atoms with E-state index in [9.17, 15) is 13.2 Å². The molecule has 0 spiro atoms. The summed E-state index contributed by atoms with van der Waals surface area (Å²) in [6.45, 7) is 0.718. The molecule has 3 aromatic carbocycles. The SMILES string of the molecule is CN(C(=O)O)c1nc2cc(OS(=O)(=O)c3ccc(NCCc4ccccc4)cc3)ccc2[nH]1. The number of aromatic nitrogens is 2. The van der Waals surface area contributed by atoms with E-state index in [2.05, 4.69) is 27.4 Å². The molecule has 0 aliphatic rings. The summed E-state index contributed by atoms with van der Waals surface area (Å²) in [4.78, 5) is 19.1. The van der Waals surface area contributed by atoms with Gasteiger partial charge in [0.25, 0.3) is 0 Å². The molecule has 1 amide bonds. The minimum Gasteiger partial charge on any atom is -0.465 e. The standard InChI is InChI=1S/C23H22N4O5S/c1-27(23(28)29)22-25-20-12-9-18(15-21(20)26-22)32-33(30,31)19-10-7-17(8-11-19)24-14-13-16-5-3-2-4-6-16/h2-12,15,24H,13-14H2,1H3,(H,25,26)(H,28,29). The summed E-state index contributed by atoms with van der Waals surface area (Å²) in [7, 11) is -2.71. The lowest BCUT2D eigenvalue weighted by atomic mass is 10.1. The van der Waals surface area contributed by atoms with Gasteiger partial charge >= 0.3 is 16.2 Å². The van der Waals surface area contributed by atoms with Gasteiger partial charge < -0.3 is 19.6 Å². The van der Waals surface area contributed by atoms with Crippen LogP contribution in [0.25, 0.3) is 11.0 Å². The number of amides is 1. The molecule has 1 heterocycles. The molecule has 10 heteroatoms. The maximum absolute atomic E-state index is 12.7. The lowest BCUT2D eigenvalue weighted by Gasteiger charge is -2.09.